The van der Waals surface area contributed by atoms with Gasteiger partial charge in [-0.2, -0.15) is 5.10 Å². The number of aromatic nitrogens is 2. The fourth-order valence-electron chi connectivity index (χ4n) is 1.94. The minimum atomic E-state index is -0.270. The molecule has 0 saturated heterocycles. The summed E-state index contributed by atoms with van der Waals surface area (Å²) in [5.41, 5.74) is 0.537. The number of aliphatic hydroxyl groups excluding tert-OH is 1. The van der Waals surface area contributed by atoms with E-state index in [2.05, 4.69) is 15.5 Å². The first-order valence-electron chi connectivity index (χ1n) is 5.23. The third-order valence-corrected chi connectivity index (χ3v) is 2.74. The third kappa shape index (κ3) is 2.56. The number of nitrogens with zero attached hydrogens (tertiary/aromatic N) is 1. The van der Waals surface area contributed by atoms with Crippen LogP contribution >= 0.6 is 0 Å². The number of hydrogen-bond acceptors (Lipinski definition) is 3. The van der Waals surface area contributed by atoms with E-state index in [9.17, 15) is 9.90 Å². The first-order chi connectivity index (χ1) is 7.25. The van der Waals surface area contributed by atoms with Gasteiger partial charge in [-0.1, -0.05) is 0 Å². The van der Waals surface area contributed by atoms with Gasteiger partial charge in [0.25, 0.3) is 5.91 Å². The van der Waals surface area contributed by atoms with Crippen LogP contribution in [0.15, 0.2) is 12.4 Å². The Labute approximate surface area is 87.9 Å². The summed E-state index contributed by atoms with van der Waals surface area (Å²) in [4.78, 5) is 11.6. The quantitative estimate of drug-likeness (QED) is 0.661. The Balaban J connectivity index is 1.89. The van der Waals surface area contributed by atoms with Gasteiger partial charge < -0.3 is 10.4 Å². The van der Waals surface area contributed by atoms with E-state index in [0.717, 1.165) is 19.3 Å². The number of aliphatic hydroxyl groups is 1. The molecule has 1 aromatic rings. The van der Waals surface area contributed by atoms with Crippen LogP contribution in [0.5, 0.6) is 0 Å². The van der Waals surface area contributed by atoms with E-state index >= 15 is 0 Å². The van der Waals surface area contributed by atoms with Crippen LogP contribution in [-0.2, 0) is 0 Å². The lowest BCUT2D eigenvalue weighted by Gasteiger charge is -2.26. The van der Waals surface area contributed by atoms with Crippen LogP contribution < -0.4 is 5.32 Å². The Morgan fingerprint density at radius 2 is 2.47 bits per heavy atom. The summed E-state index contributed by atoms with van der Waals surface area (Å²) in [7, 11) is 0. The summed E-state index contributed by atoms with van der Waals surface area (Å²) in [6, 6.07) is 0.0937. The van der Waals surface area contributed by atoms with Crippen molar-refractivity contribution in [1.29, 1.82) is 0 Å². The summed E-state index contributed by atoms with van der Waals surface area (Å²) < 4.78 is 0. The lowest BCUT2D eigenvalue weighted by atomic mass is 9.93. The Hall–Kier alpha value is -1.36. The van der Waals surface area contributed by atoms with Crippen molar-refractivity contribution in [3.05, 3.63) is 18.0 Å². The molecule has 1 aliphatic carbocycles. The minimum Gasteiger partial charge on any atom is -0.393 e. The highest BCUT2D eigenvalue weighted by atomic mass is 16.3. The van der Waals surface area contributed by atoms with E-state index in [1.807, 2.05) is 0 Å². The number of rotatable bonds is 2. The summed E-state index contributed by atoms with van der Waals surface area (Å²) >= 11 is 0. The molecule has 2 rings (SSSR count). The average molecular weight is 209 g/mol. The van der Waals surface area contributed by atoms with Crippen LogP contribution in [0, 0.1) is 0 Å². The summed E-state index contributed by atoms with van der Waals surface area (Å²) in [6.07, 6.45) is 6.21. The lowest BCUT2D eigenvalue weighted by Crippen LogP contribution is -2.39. The number of carbonyl (C=O) groups excluding carboxylic acids is 1. The second-order valence-electron chi connectivity index (χ2n) is 3.98. The van der Waals surface area contributed by atoms with Gasteiger partial charge in [-0.15, -0.1) is 0 Å². The number of amides is 1. The molecular formula is C10H15N3O2. The molecule has 1 saturated carbocycles. The molecule has 0 aromatic carbocycles. The molecule has 1 heterocycles. The topological polar surface area (TPSA) is 78.0 Å². The molecule has 1 aliphatic rings. The molecule has 5 nitrogen and oxygen atoms in total. The molecule has 15 heavy (non-hydrogen) atoms. The number of carbonyl (C=O) groups is 1. The van der Waals surface area contributed by atoms with Crippen molar-refractivity contribution in [2.24, 2.45) is 0 Å². The zero-order valence-electron chi connectivity index (χ0n) is 8.44. The van der Waals surface area contributed by atoms with E-state index in [4.69, 9.17) is 0 Å². The monoisotopic (exact) mass is 209 g/mol. The maximum absolute atomic E-state index is 11.6. The molecule has 2 unspecified atom stereocenters. The van der Waals surface area contributed by atoms with Crippen molar-refractivity contribution in [1.82, 2.24) is 15.5 Å². The molecule has 1 aromatic heterocycles. The van der Waals surface area contributed by atoms with Crippen LogP contribution in [0.2, 0.25) is 0 Å². The Kier molecular flexibility index (Phi) is 3.01. The number of H-pyrrole nitrogens is 1. The van der Waals surface area contributed by atoms with E-state index in [1.54, 1.807) is 6.20 Å². The van der Waals surface area contributed by atoms with Crippen molar-refractivity contribution in [3.8, 4) is 0 Å². The summed E-state index contributed by atoms with van der Waals surface area (Å²) in [6.45, 7) is 0. The van der Waals surface area contributed by atoms with E-state index < -0.39 is 0 Å². The van der Waals surface area contributed by atoms with Gasteiger partial charge in [-0.25, -0.2) is 0 Å². The maximum Gasteiger partial charge on any atom is 0.254 e. The Morgan fingerprint density at radius 3 is 3.13 bits per heavy atom. The van der Waals surface area contributed by atoms with Crippen molar-refractivity contribution in [3.63, 3.8) is 0 Å². The highest BCUT2D eigenvalue weighted by Crippen LogP contribution is 2.18. The Morgan fingerprint density at radius 1 is 1.60 bits per heavy atom. The maximum atomic E-state index is 11.6. The van der Waals surface area contributed by atoms with Gasteiger partial charge in [0.2, 0.25) is 0 Å². The van der Waals surface area contributed by atoms with Gasteiger partial charge in [0.1, 0.15) is 0 Å². The van der Waals surface area contributed by atoms with E-state index in [1.165, 1.54) is 6.20 Å². The SMILES string of the molecule is O=C(NC1CCCC(O)C1)c1cn[nH]c1. The standard InChI is InChI=1S/C10H15N3O2/c14-9-3-1-2-8(4-9)13-10(15)7-5-11-12-6-7/h5-6,8-9,14H,1-4H2,(H,11,12)(H,13,15). The second-order valence-corrected chi connectivity index (χ2v) is 3.98. The van der Waals surface area contributed by atoms with Crippen molar-refractivity contribution in [2.45, 2.75) is 37.8 Å². The molecule has 1 fully saturated rings. The van der Waals surface area contributed by atoms with Crippen LogP contribution in [0.1, 0.15) is 36.0 Å². The lowest BCUT2D eigenvalue weighted by molar-refractivity contribution is 0.0850. The summed E-state index contributed by atoms with van der Waals surface area (Å²) in [5.74, 6) is -0.122. The van der Waals surface area contributed by atoms with Gasteiger partial charge in [-0.3, -0.25) is 9.89 Å². The van der Waals surface area contributed by atoms with Gasteiger partial charge in [0, 0.05) is 12.2 Å². The average Bonchev–Trinajstić information content (AvgIpc) is 2.70. The molecule has 0 radical (unpaired) electrons. The molecule has 2 atom stereocenters. The molecule has 0 spiro atoms. The van der Waals surface area contributed by atoms with Gasteiger partial charge in [0.05, 0.1) is 17.9 Å². The molecule has 5 heteroatoms. The molecular weight excluding hydrogens is 194 g/mol. The predicted molar refractivity (Wildman–Crippen MR) is 54.3 cm³/mol. The Bertz CT molecular complexity index is 323. The molecule has 1 amide bonds. The largest absolute Gasteiger partial charge is 0.393 e. The fourth-order valence-corrected chi connectivity index (χ4v) is 1.94. The van der Waals surface area contributed by atoms with Gasteiger partial charge in [-0.05, 0) is 25.7 Å². The van der Waals surface area contributed by atoms with Crippen molar-refractivity contribution < 1.29 is 9.90 Å². The third-order valence-electron chi connectivity index (χ3n) is 2.74. The fraction of sp³-hybridized carbons (Fsp3) is 0.600. The van der Waals surface area contributed by atoms with E-state index in [0.29, 0.717) is 12.0 Å². The zero-order valence-corrected chi connectivity index (χ0v) is 8.44. The smallest absolute Gasteiger partial charge is 0.254 e. The normalized spacial score (nSPS) is 26.2. The van der Waals surface area contributed by atoms with Gasteiger partial charge >= 0.3 is 0 Å². The minimum absolute atomic E-state index is 0.0937. The molecule has 82 valence electrons. The second kappa shape index (κ2) is 4.44. The molecule has 3 N–H and O–H groups in total. The molecule has 0 bridgehead atoms. The number of nitrogens with one attached hydrogen (secondary N) is 2. The summed E-state index contributed by atoms with van der Waals surface area (Å²) in [5, 5.41) is 18.7. The highest BCUT2D eigenvalue weighted by molar-refractivity contribution is 5.93. The van der Waals surface area contributed by atoms with E-state index in [-0.39, 0.29) is 18.1 Å². The van der Waals surface area contributed by atoms with Gasteiger partial charge in [0.15, 0.2) is 0 Å². The van der Waals surface area contributed by atoms with Crippen LogP contribution in [0.4, 0.5) is 0 Å². The first kappa shape index (κ1) is 10.2. The van der Waals surface area contributed by atoms with Crippen molar-refractivity contribution in [2.75, 3.05) is 0 Å². The number of aromatic amines is 1. The zero-order chi connectivity index (χ0) is 10.7. The van der Waals surface area contributed by atoms with Crippen LogP contribution in [0.25, 0.3) is 0 Å². The predicted octanol–water partition coefficient (Wildman–Crippen LogP) is 0.443. The van der Waals surface area contributed by atoms with Crippen LogP contribution in [-0.4, -0.2) is 33.4 Å². The molecule has 0 aliphatic heterocycles. The number of hydrogen-bond donors (Lipinski definition) is 3. The van der Waals surface area contributed by atoms with Crippen LogP contribution in [0.3, 0.4) is 0 Å². The highest BCUT2D eigenvalue weighted by Gasteiger charge is 2.22. The van der Waals surface area contributed by atoms with Crippen molar-refractivity contribution >= 4 is 5.91 Å². The first-order valence-corrected chi connectivity index (χ1v) is 5.23.